The van der Waals surface area contributed by atoms with Crippen molar-refractivity contribution in [3.63, 3.8) is 0 Å². The normalized spacial score (nSPS) is 37.5. The summed E-state index contributed by atoms with van der Waals surface area (Å²) in [7, 11) is 1.75. The number of halogens is 1. The Bertz CT molecular complexity index is 602. The second-order valence-electron chi connectivity index (χ2n) is 8.15. The molecule has 0 aliphatic heterocycles. The highest BCUT2D eigenvalue weighted by molar-refractivity contribution is 5.40. The Morgan fingerprint density at radius 2 is 2.08 bits per heavy atom. The van der Waals surface area contributed by atoms with Gasteiger partial charge in [-0.25, -0.2) is 4.39 Å². The molecule has 5 atom stereocenters. The molecule has 3 heteroatoms. The van der Waals surface area contributed by atoms with E-state index in [1.807, 2.05) is 0 Å². The number of methoxy groups -OCH3 is 1. The third-order valence-electron chi connectivity index (χ3n) is 7.24. The van der Waals surface area contributed by atoms with E-state index in [2.05, 4.69) is 25.1 Å². The van der Waals surface area contributed by atoms with E-state index >= 15 is 0 Å². The third kappa shape index (κ3) is 2.47. The van der Waals surface area contributed by atoms with Gasteiger partial charge < -0.3 is 9.47 Å². The highest BCUT2D eigenvalue weighted by atomic mass is 19.1. The van der Waals surface area contributed by atoms with Gasteiger partial charge in [0.2, 0.25) is 0 Å². The summed E-state index contributed by atoms with van der Waals surface area (Å²) < 4.78 is 23.9. The Morgan fingerprint density at radius 3 is 2.88 bits per heavy atom. The monoisotopic (exact) mass is 332 g/mol. The number of benzene rings is 1. The summed E-state index contributed by atoms with van der Waals surface area (Å²) in [6.45, 7) is 2.32. The van der Waals surface area contributed by atoms with Crippen molar-refractivity contribution in [2.45, 2.75) is 57.5 Å². The van der Waals surface area contributed by atoms with Crippen molar-refractivity contribution >= 4 is 0 Å². The van der Waals surface area contributed by atoms with Gasteiger partial charge in [-0.15, -0.1) is 0 Å². The summed E-state index contributed by atoms with van der Waals surface area (Å²) in [5, 5.41) is 0. The predicted octanol–water partition coefficient (Wildman–Crippen LogP) is 4.91. The molecule has 0 saturated heterocycles. The quantitative estimate of drug-likeness (QED) is 0.780. The van der Waals surface area contributed by atoms with Crippen LogP contribution in [0.2, 0.25) is 0 Å². The maximum atomic E-state index is 12.6. The molecular weight excluding hydrogens is 303 g/mol. The molecule has 0 heterocycles. The summed E-state index contributed by atoms with van der Waals surface area (Å²) in [6.07, 6.45) is 7.52. The number of aryl methyl sites for hydroxylation is 1. The molecule has 0 N–H and O–H groups in total. The molecule has 0 radical (unpaired) electrons. The zero-order valence-electron chi connectivity index (χ0n) is 14.9. The highest BCUT2D eigenvalue weighted by Gasteiger charge is 2.55. The third-order valence-corrected chi connectivity index (χ3v) is 7.24. The smallest absolute Gasteiger partial charge is 0.119 e. The van der Waals surface area contributed by atoms with Crippen molar-refractivity contribution in [1.29, 1.82) is 0 Å². The largest absolute Gasteiger partial charge is 0.497 e. The van der Waals surface area contributed by atoms with E-state index < -0.39 is 0 Å². The summed E-state index contributed by atoms with van der Waals surface area (Å²) >= 11 is 0. The van der Waals surface area contributed by atoms with Crippen LogP contribution in [0, 0.1) is 17.3 Å². The minimum absolute atomic E-state index is 0.250. The number of ether oxygens (including phenoxy) is 2. The molecule has 4 rings (SSSR count). The minimum Gasteiger partial charge on any atom is -0.497 e. The van der Waals surface area contributed by atoms with Crippen LogP contribution in [0.15, 0.2) is 18.2 Å². The van der Waals surface area contributed by atoms with Crippen LogP contribution in [0.1, 0.15) is 56.1 Å². The fourth-order valence-electron chi connectivity index (χ4n) is 6.10. The van der Waals surface area contributed by atoms with E-state index in [1.54, 1.807) is 12.7 Å². The highest BCUT2D eigenvalue weighted by Crippen LogP contribution is 2.61. The predicted molar refractivity (Wildman–Crippen MR) is 93.3 cm³/mol. The molecule has 0 bridgehead atoms. The Labute approximate surface area is 144 Å². The summed E-state index contributed by atoms with van der Waals surface area (Å²) in [5.74, 6) is 3.17. The fourth-order valence-corrected chi connectivity index (χ4v) is 6.10. The van der Waals surface area contributed by atoms with Crippen LogP contribution in [-0.2, 0) is 11.2 Å². The number of fused-ring (bicyclic) bond motifs is 5. The first kappa shape index (κ1) is 16.4. The molecule has 0 unspecified atom stereocenters. The van der Waals surface area contributed by atoms with Crippen LogP contribution >= 0.6 is 0 Å². The lowest BCUT2D eigenvalue weighted by Crippen LogP contribution is -2.44. The maximum Gasteiger partial charge on any atom is 0.119 e. The first-order chi connectivity index (χ1) is 11.7. The summed E-state index contributed by atoms with van der Waals surface area (Å²) in [5.41, 5.74) is 3.30. The fraction of sp³-hybridized carbons (Fsp3) is 0.714. The molecule has 2 nitrogen and oxygen atoms in total. The maximum absolute atomic E-state index is 12.6. The van der Waals surface area contributed by atoms with Crippen LogP contribution in [0.5, 0.6) is 5.75 Å². The molecule has 24 heavy (non-hydrogen) atoms. The van der Waals surface area contributed by atoms with Gasteiger partial charge in [-0.3, -0.25) is 0 Å². The van der Waals surface area contributed by atoms with Crippen molar-refractivity contribution in [1.82, 2.24) is 0 Å². The zero-order chi connectivity index (χ0) is 16.7. The lowest BCUT2D eigenvalue weighted by Gasteiger charge is -2.50. The van der Waals surface area contributed by atoms with Crippen LogP contribution in [-0.4, -0.2) is 26.5 Å². The van der Waals surface area contributed by atoms with Crippen LogP contribution in [0.3, 0.4) is 0 Å². The molecule has 132 valence electrons. The van der Waals surface area contributed by atoms with E-state index in [-0.39, 0.29) is 24.8 Å². The van der Waals surface area contributed by atoms with Crippen LogP contribution < -0.4 is 4.74 Å². The number of alkyl halides is 1. The Morgan fingerprint density at radius 1 is 1.21 bits per heavy atom. The number of hydrogen-bond donors (Lipinski definition) is 0. The van der Waals surface area contributed by atoms with Crippen molar-refractivity contribution in [3.8, 4) is 5.75 Å². The van der Waals surface area contributed by atoms with Gasteiger partial charge in [0.05, 0.1) is 19.8 Å². The van der Waals surface area contributed by atoms with Gasteiger partial charge in [0, 0.05) is 0 Å². The number of hydrogen-bond acceptors (Lipinski definition) is 2. The first-order valence-electron chi connectivity index (χ1n) is 9.51. The van der Waals surface area contributed by atoms with Crippen molar-refractivity contribution < 1.29 is 13.9 Å². The van der Waals surface area contributed by atoms with Crippen molar-refractivity contribution in [2.24, 2.45) is 17.3 Å². The van der Waals surface area contributed by atoms with Gasteiger partial charge in [0.25, 0.3) is 0 Å². The van der Waals surface area contributed by atoms with Crippen LogP contribution in [0.25, 0.3) is 0 Å². The standard InChI is InChI=1S/C21H29FO2/c1-21-10-9-17-16-6-4-15(23-2)13-14(16)3-5-18(17)19(21)7-8-20(21)24-12-11-22/h4,6,13,17-20H,3,5,7-12H2,1-2H3/t17-,18+,19+,20+,21-/m1/s1. The van der Waals surface area contributed by atoms with Gasteiger partial charge >= 0.3 is 0 Å². The Balaban J connectivity index is 1.58. The second kappa shape index (κ2) is 6.33. The first-order valence-corrected chi connectivity index (χ1v) is 9.51. The van der Waals surface area contributed by atoms with E-state index in [0.717, 1.165) is 30.4 Å². The second-order valence-corrected chi connectivity index (χ2v) is 8.15. The Kier molecular flexibility index (Phi) is 4.32. The van der Waals surface area contributed by atoms with Gasteiger partial charge in [-0.05, 0) is 85.0 Å². The van der Waals surface area contributed by atoms with Crippen LogP contribution in [0.4, 0.5) is 4.39 Å². The van der Waals surface area contributed by atoms with Gasteiger partial charge in [0.15, 0.2) is 0 Å². The summed E-state index contributed by atoms with van der Waals surface area (Å²) in [4.78, 5) is 0. The van der Waals surface area contributed by atoms with Crippen molar-refractivity contribution in [2.75, 3.05) is 20.4 Å². The average Bonchev–Trinajstić information content (AvgIpc) is 2.95. The van der Waals surface area contributed by atoms with E-state index in [4.69, 9.17) is 9.47 Å². The van der Waals surface area contributed by atoms with Gasteiger partial charge in [-0.1, -0.05) is 13.0 Å². The van der Waals surface area contributed by atoms with Gasteiger partial charge in [0.1, 0.15) is 12.4 Å². The topological polar surface area (TPSA) is 18.5 Å². The molecule has 0 aromatic heterocycles. The molecule has 3 aliphatic rings. The molecular formula is C21H29FO2. The molecule has 2 fully saturated rings. The Hall–Kier alpha value is -1.09. The van der Waals surface area contributed by atoms with Gasteiger partial charge in [-0.2, -0.15) is 0 Å². The summed E-state index contributed by atoms with van der Waals surface area (Å²) in [6, 6.07) is 6.66. The van der Waals surface area contributed by atoms with E-state index in [1.165, 1.54) is 31.2 Å². The molecule has 1 aromatic rings. The molecule has 3 aliphatic carbocycles. The minimum atomic E-state index is -0.363. The molecule has 1 aromatic carbocycles. The zero-order valence-corrected chi connectivity index (χ0v) is 14.9. The molecule has 0 spiro atoms. The SMILES string of the molecule is COc1ccc2c(c1)CC[C@H]1[C@@H]2CC[C@@]2(C)[C@@H](OCCF)CC[C@@H]12. The van der Waals surface area contributed by atoms with E-state index in [0.29, 0.717) is 5.92 Å². The van der Waals surface area contributed by atoms with Crippen molar-refractivity contribution in [3.05, 3.63) is 29.3 Å². The lowest BCUT2D eigenvalue weighted by molar-refractivity contribution is -0.0663. The molecule has 2 saturated carbocycles. The average molecular weight is 332 g/mol. The number of rotatable bonds is 4. The lowest BCUT2D eigenvalue weighted by atomic mass is 9.55. The molecule has 0 amide bonds. The van der Waals surface area contributed by atoms with E-state index in [9.17, 15) is 4.39 Å².